The molecule has 0 amide bonds. The molecule has 0 aliphatic rings. The van der Waals surface area contributed by atoms with Crippen molar-refractivity contribution < 1.29 is 17.9 Å². The Morgan fingerprint density at radius 3 is 2.54 bits per heavy atom. The van der Waals surface area contributed by atoms with Crippen LogP contribution >= 0.6 is 0 Å². The predicted molar refractivity (Wildman–Crippen MR) is 38.3 cm³/mol. The molecule has 1 heterocycles. The standard InChI is InChI=1S/C7H7F3N2O/c8-7(9,10)6-1-2-12(13)4-5(6)3-11/h1-2,4H,3,11H2. The van der Waals surface area contributed by atoms with E-state index in [2.05, 4.69) is 0 Å². The molecule has 0 aliphatic carbocycles. The average molecular weight is 192 g/mol. The first-order chi connectivity index (χ1) is 5.95. The van der Waals surface area contributed by atoms with Crippen LogP contribution in [-0.4, -0.2) is 0 Å². The molecule has 3 nitrogen and oxygen atoms in total. The van der Waals surface area contributed by atoms with E-state index in [9.17, 15) is 18.4 Å². The van der Waals surface area contributed by atoms with E-state index in [1.54, 1.807) is 0 Å². The minimum atomic E-state index is -4.46. The molecule has 0 bridgehead atoms. The highest BCUT2D eigenvalue weighted by atomic mass is 19.4. The minimum Gasteiger partial charge on any atom is -0.619 e. The molecule has 0 spiro atoms. The van der Waals surface area contributed by atoms with Crippen molar-refractivity contribution in [1.82, 2.24) is 0 Å². The van der Waals surface area contributed by atoms with Crippen LogP contribution in [0.5, 0.6) is 0 Å². The van der Waals surface area contributed by atoms with E-state index >= 15 is 0 Å². The van der Waals surface area contributed by atoms with Crippen molar-refractivity contribution in [2.45, 2.75) is 12.7 Å². The predicted octanol–water partition coefficient (Wildman–Crippen LogP) is 0.797. The van der Waals surface area contributed by atoms with Crippen molar-refractivity contribution in [2.75, 3.05) is 0 Å². The van der Waals surface area contributed by atoms with E-state index in [0.717, 1.165) is 18.5 Å². The Morgan fingerprint density at radius 2 is 2.08 bits per heavy atom. The second-order valence-electron chi connectivity index (χ2n) is 2.45. The van der Waals surface area contributed by atoms with Crippen molar-refractivity contribution in [2.24, 2.45) is 5.73 Å². The fraction of sp³-hybridized carbons (Fsp3) is 0.286. The highest BCUT2D eigenvalue weighted by Crippen LogP contribution is 2.30. The molecule has 1 rings (SSSR count). The quantitative estimate of drug-likeness (QED) is 0.528. The Balaban J connectivity index is 3.22. The summed E-state index contributed by atoms with van der Waals surface area (Å²) in [6.45, 7) is -0.308. The summed E-state index contributed by atoms with van der Waals surface area (Å²) in [6.07, 6.45) is -2.84. The zero-order valence-corrected chi connectivity index (χ0v) is 6.51. The number of pyridine rings is 1. The normalized spacial score (nSPS) is 11.7. The van der Waals surface area contributed by atoms with Crippen LogP contribution < -0.4 is 10.5 Å². The van der Waals surface area contributed by atoms with Crippen LogP contribution in [0.4, 0.5) is 13.2 Å². The van der Waals surface area contributed by atoms with Crippen LogP contribution in [0.25, 0.3) is 0 Å². The van der Waals surface area contributed by atoms with Crippen LogP contribution in [0.15, 0.2) is 18.5 Å². The smallest absolute Gasteiger partial charge is 0.417 e. The third-order valence-corrected chi connectivity index (χ3v) is 1.54. The minimum absolute atomic E-state index is 0.204. The molecule has 0 saturated carbocycles. The van der Waals surface area contributed by atoms with Gasteiger partial charge in [-0.2, -0.15) is 17.9 Å². The molecule has 0 fully saturated rings. The van der Waals surface area contributed by atoms with Gasteiger partial charge in [0.05, 0.1) is 5.56 Å². The fourth-order valence-corrected chi connectivity index (χ4v) is 0.960. The van der Waals surface area contributed by atoms with Gasteiger partial charge in [-0.1, -0.05) is 0 Å². The van der Waals surface area contributed by atoms with Gasteiger partial charge >= 0.3 is 6.18 Å². The topological polar surface area (TPSA) is 53.0 Å². The summed E-state index contributed by atoms with van der Waals surface area (Å²) >= 11 is 0. The highest BCUT2D eigenvalue weighted by Gasteiger charge is 2.34. The highest BCUT2D eigenvalue weighted by molar-refractivity contribution is 5.24. The lowest BCUT2D eigenvalue weighted by Gasteiger charge is -2.09. The van der Waals surface area contributed by atoms with Crippen LogP contribution in [0.2, 0.25) is 0 Å². The molecular formula is C7H7F3N2O. The lowest BCUT2D eigenvalue weighted by atomic mass is 10.1. The summed E-state index contributed by atoms with van der Waals surface area (Å²) in [5, 5.41) is 10.6. The van der Waals surface area contributed by atoms with Crippen molar-refractivity contribution in [3.8, 4) is 0 Å². The van der Waals surface area contributed by atoms with Gasteiger partial charge in [0.15, 0.2) is 12.4 Å². The molecule has 0 saturated heterocycles. The third kappa shape index (κ3) is 2.09. The summed E-state index contributed by atoms with van der Waals surface area (Å²) in [6, 6.07) is 0.717. The Morgan fingerprint density at radius 1 is 1.46 bits per heavy atom. The SMILES string of the molecule is NCc1c[n+]([O-])ccc1C(F)(F)F. The van der Waals surface area contributed by atoms with Gasteiger partial charge in [-0.05, 0) is 0 Å². The van der Waals surface area contributed by atoms with Crippen molar-refractivity contribution in [3.63, 3.8) is 0 Å². The van der Waals surface area contributed by atoms with E-state index in [1.807, 2.05) is 0 Å². The van der Waals surface area contributed by atoms with Crippen molar-refractivity contribution in [3.05, 3.63) is 34.8 Å². The maximum atomic E-state index is 12.2. The fourth-order valence-electron chi connectivity index (χ4n) is 0.960. The monoisotopic (exact) mass is 192 g/mol. The third-order valence-electron chi connectivity index (χ3n) is 1.54. The number of alkyl halides is 3. The van der Waals surface area contributed by atoms with Gasteiger partial charge in [0.2, 0.25) is 0 Å². The molecule has 13 heavy (non-hydrogen) atoms. The number of hydrogen-bond acceptors (Lipinski definition) is 2. The lowest BCUT2D eigenvalue weighted by Crippen LogP contribution is -2.28. The molecule has 0 atom stereocenters. The average Bonchev–Trinajstić information content (AvgIpc) is 2.01. The van der Waals surface area contributed by atoms with Gasteiger partial charge in [0.25, 0.3) is 0 Å². The molecule has 0 unspecified atom stereocenters. The van der Waals surface area contributed by atoms with Crippen LogP contribution in [0.3, 0.4) is 0 Å². The Hall–Kier alpha value is -1.30. The number of hydrogen-bond donors (Lipinski definition) is 1. The Kier molecular flexibility index (Phi) is 2.42. The van der Waals surface area contributed by atoms with E-state index < -0.39 is 11.7 Å². The molecular weight excluding hydrogens is 185 g/mol. The lowest BCUT2D eigenvalue weighted by molar-refractivity contribution is -0.606. The van der Waals surface area contributed by atoms with E-state index in [1.165, 1.54) is 0 Å². The number of nitrogens with two attached hydrogens (primary N) is 1. The number of aromatic nitrogens is 1. The summed E-state index contributed by atoms with van der Waals surface area (Å²) in [5.41, 5.74) is 4.00. The van der Waals surface area contributed by atoms with Crippen molar-refractivity contribution >= 4 is 0 Å². The first-order valence-corrected chi connectivity index (χ1v) is 3.44. The molecule has 0 aromatic carbocycles. The van der Waals surface area contributed by atoms with Gasteiger partial charge in [-0.15, -0.1) is 0 Å². The van der Waals surface area contributed by atoms with Crippen LogP contribution in [0, 0.1) is 5.21 Å². The molecule has 6 heteroatoms. The number of halogens is 3. The molecule has 2 N–H and O–H groups in total. The largest absolute Gasteiger partial charge is 0.619 e. The maximum Gasteiger partial charge on any atom is 0.417 e. The zero-order valence-electron chi connectivity index (χ0n) is 6.51. The first-order valence-electron chi connectivity index (χ1n) is 3.44. The summed E-state index contributed by atoms with van der Waals surface area (Å²) in [4.78, 5) is 0. The summed E-state index contributed by atoms with van der Waals surface area (Å²) in [7, 11) is 0. The van der Waals surface area contributed by atoms with Crippen LogP contribution in [-0.2, 0) is 12.7 Å². The number of nitrogens with zero attached hydrogens (tertiary/aromatic N) is 1. The Labute approximate surface area is 72.2 Å². The summed E-state index contributed by atoms with van der Waals surface area (Å²) in [5.74, 6) is 0. The molecule has 1 aromatic heterocycles. The van der Waals surface area contributed by atoms with Crippen LogP contribution in [0.1, 0.15) is 11.1 Å². The van der Waals surface area contributed by atoms with E-state index in [4.69, 9.17) is 5.73 Å². The first kappa shape index (κ1) is 9.79. The Bertz CT molecular complexity index is 311. The molecule has 72 valence electrons. The molecule has 1 aromatic rings. The zero-order chi connectivity index (χ0) is 10.1. The van der Waals surface area contributed by atoms with E-state index in [-0.39, 0.29) is 16.8 Å². The summed E-state index contributed by atoms with van der Waals surface area (Å²) < 4.78 is 36.9. The van der Waals surface area contributed by atoms with Gasteiger partial charge in [0, 0.05) is 18.2 Å². The molecule has 0 aliphatic heterocycles. The van der Waals surface area contributed by atoms with Gasteiger partial charge < -0.3 is 10.9 Å². The van der Waals surface area contributed by atoms with Gasteiger partial charge in [-0.25, -0.2) is 0 Å². The second-order valence-corrected chi connectivity index (χ2v) is 2.45. The van der Waals surface area contributed by atoms with Crippen molar-refractivity contribution in [1.29, 1.82) is 0 Å². The number of rotatable bonds is 1. The maximum absolute atomic E-state index is 12.2. The van der Waals surface area contributed by atoms with Gasteiger partial charge in [-0.3, -0.25) is 0 Å². The second kappa shape index (κ2) is 3.21. The molecule has 0 radical (unpaired) electrons. The van der Waals surface area contributed by atoms with Gasteiger partial charge in [0.1, 0.15) is 0 Å². The van der Waals surface area contributed by atoms with E-state index in [0.29, 0.717) is 0 Å².